The minimum atomic E-state index is -3.65. The van der Waals surface area contributed by atoms with Gasteiger partial charge in [-0.3, -0.25) is 9.10 Å². The van der Waals surface area contributed by atoms with Crippen molar-refractivity contribution in [2.45, 2.75) is 33.7 Å². The first-order valence-corrected chi connectivity index (χ1v) is 10.8. The predicted molar refractivity (Wildman–Crippen MR) is 111 cm³/mol. The van der Waals surface area contributed by atoms with Crippen LogP contribution in [0.5, 0.6) is 0 Å². The van der Waals surface area contributed by atoms with E-state index in [9.17, 15) is 13.2 Å². The van der Waals surface area contributed by atoms with Crippen molar-refractivity contribution >= 4 is 33.2 Å². The summed E-state index contributed by atoms with van der Waals surface area (Å²) in [5.41, 5.74) is 4.35. The van der Waals surface area contributed by atoms with E-state index in [1.54, 1.807) is 25.1 Å². The third kappa shape index (κ3) is 5.47. The van der Waals surface area contributed by atoms with Crippen molar-refractivity contribution in [2.24, 2.45) is 0 Å². The SMILES string of the molecule is Cc1ccc([C@H](C)NC(=O)CN(c2cc(Cl)ccc2C)S(C)(=O)=O)c(C)c1. The van der Waals surface area contributed by atoms with Crippen molar-refractivity contribution in [3.05, 3.63) is 63.7 Å². The van der Waals surface area contributed by atoms with Crippen molar-refractivity contribution in [3.8, 4) is 0 Å². The number of hydrogen-bond donors (Lipinski definition) is 1. The Bertz CT molecular complexity index is 958. The largest absolute Gasteiger partial charge is 0.348 e. The molecule has 27 heavy (non-hydrogen) atoms. The van der Waals surface area contributed by atoms with Gasteiger partial charge in [0, 0.05) is 5.02 Å². The lowest BCUT2D eigenvalue weighted by Gasteiger charge is -2.25. The molecule has 2 rings (SSSR count). The van der Waals surface area contributed by atoms with E-state index in [2.05, 4.69) is 11.4 Å². The molecule has 0 radical (unpaired) electrons. The van der Waals surface area contributed by atoms with E-state index in [0.29, 0.717) is 10.7 Å². The summed E-state index contributed by atoms with van der Waals surface area (Å²) in [4.78, 5) is 12.6. The highest BCUT2D eigenvalue weighted by Gasteiger charge is 2.23. The summed E-state index contributed by atoms with van der Waals surface area (Å²) in [6.45, 7) is 7.35. The number of carbonyl (C=O) groups is 1. The molecule has 146 valence electrons. The van der Waals surface area contributed by atoms with Crippen LogP contribution in [0.3, 0.4) is 0 Å². The molecule has 0 fully saturated rings. The van der Waals surface area contributed by atoms with Crippen LogP contribution < -0.4 is 9.62 Å². The molecule has 1 amide bonds. The van der Waals surface area contributed by atoms with Gasteiger partial charge in [0.05, 0.1) is 18.0 Å². The third-order valence-corrected chi connectivity index (χ3v) is 5.76. The normalized spacial score (nSPS) is 12.5. The van der Waals surface area contributed by atoms with Crippen molar-refractivity contribution in [1.29, 1.82) is 0 Å². The van der Waals surface area contributed by atoms with Crippen LogP contribution in [-0.4, -0.2) is 27.1 Å². The van der Waals surface area contributed by atoms with Crippen molar-refractivity contribution < 1.29 is 13.2 Å². The monoisotopic (exact) mass is 408 g/mol. The Morgan fingerprint density at radius 1 is 1.11 bits per heavy atom. The van der Waals surface area contributed by atoms with Gasteiger partial charge in [0.25, 0.3) is 0 Å². The molecule has 0 aliphatic rings. The molecule has 0 aliphatic heterocycles. The molecule has 1 atom stereocenters. The van der Waals surface area contributed by atoms with Crippen LogP contribution in [0.15, 0.2) is 36.4 Å². The first-order valence-electron chi connectivity index (χ1n) is 8.59. The second kappa shape index (κ2) is 8.31. The molecule has 1 N–H and O–H groups in total. The molecule has 0 aliphatic carbocycles. The Morgan fingerprint density at radius 2 is 1.78 bits per heavy atom. The van der Waals surface area contributed by atoms with Crippen LogP contribution in [0.25, 0.3) is 0 Å². The molecule has 0 saturated carbocycles. The summed E-state index contributed by atoms with van der Waals surface area (Å²) in [5.74, 6) is -0.382. The lowest BCUT2D eigenvalue weighted by Crippen LogP contribution is -2.41. The van der Waals surface area contributed by atoms with Gasteiger partial charge in [-0.25, -0.2) is 8.42 Å². The number of sulfonamides is 1. The summed E-state index contributed by atoms with van der Waals surface area (Å²) < 4.78 is 25.6. The number of halogens is 1. The number of hydrogen-bond acceptors (Lipinski definition) is 3. The molecule has 2 aromatic carbocycles. The molecular weight excluding hydrogens is 384 g/mol. The third-order valence-electron chi connectivity index (χ3n) is 4.40. The van der Waals surface area contributed by atoms with E-state index in [1.807, 2.05) is 32.9 Å². The highest BCUT2D eigenvalue weighted by Crippen LogP contribution is 2.26. The van der Waals surface area contributed by atoms with Crippen molar-refractivity contribution in [2.75, 3.05) is 17.1 Å². The number of carbonyl (C=O) groups excluding carboxylic acids is 1. The zero-order valence-electron chi connectivity index (χ0n) is 16.2. The fraction of sp³-hybridized carbons (Fsp3) is 0.350. The van der Waals surface area contributed by atoms with Gasteiger partial charge in [-0.05, 0) is 56.5 Å². The molecule has 5 nitrogen and oxygen atoms in total. The van der Waals surface area contributed by atoms with Crippen LogP contribution in [0, 0.1) is 20.8 Å². The molecule has 0 heterocycles. The van der Waals surface area contributed by atoms with Gasteiger partial charge in [-0.2, -0.15) is 0 Å². The maximum atomic E-state index is 12.6. The minimum Gasteiger partial charge on any atom is -0.348 e. The molecule has 0 spiro atoms. The number of nitrogens with zero attached hydrogens (tertiary/aromatic N) is 1. The quantitative estimate of drug-likeness (QED) is 0.787. The first kappa shape index (κ1) is 21.3. The molecule has 0 bridgehead atoms. The Morgan fingerprint density at radius 3 is 2.37 bits per heavy atom. The number of nitrogens with one attached hydrogen (secondary N) is 1. The van der Waals surface area contributed by atoms with Crippen LogP contribution in [-0.2, 0) is 14.8 Å². The molecule has 7 heteroatoms. The zero-order chi connectivity index (χ0) is 20.4. The van der Waals surface area contributed by atoms with Crippen LogP contribution in [0.2, 0.25) is 5.02 Å². The van der Waals surface area contributed by atoms with Gasteiger partial charge >= 0.3 is 0 Å². The topological polar surface area (TPSA) is 66.5 Å². The number of rotatable bonds is 6. The second-order valence-electron chi connectivity index (χ2n) is 6.85. The Balaban J connectivity index is 2.23. The number of amides is 1. The Kier molecular flexibility index (Phi) is 6.54. The molecule has 0 unspecified atom stereocenters. The van der Waals surface area contributed by atoms with E-state index < -0.39 is 10.0 Å². The minimum absolute atomic E-state index is 0.236. The lowest BCUT2D eigenvalue weighted by atomic mass is 10.0. The number of aryl methyl sites for hydroxylation is 3. The Labute approximate surface area is 166 Å². The smallest absolute Gasteiger partial charge is 0.241 e. The lowest BCUT2D eigenvalue weighted by molar-refractivity contribution is -0.120. The predicted octanol–water partition coefficient (Wildman–Crippen LogP) is 3.91. The maximum Gasteiger partial charge on any atom is 0.241 e. The highest BCUT2D eigenvalue weighted by atomic mass is 35.5. The van der Waals surface area contributed by atoms with Gasteiger partial charge in [0.1, 0.15) is 6.54 Å². The van der Waals surface area contributed by atoms with Crippen LogP contribution in [0.4, 0.5) is 5.69 Å². The summed E-state index contributed by atoms with van der Waals surface area (Å²) in [6, 6.07) is 10.7. The van der Waals surface area contributed by atoms with E-state index in [-0.39, 0.29) is 18.5 Å². The van der Waals surface area contributed by atoms with Gasteiger partial charge < -0.3 is 5.32 Å². The van der Waals surface area contributed by atoms with Gasteiger partial charge in [0.2, 0.25) is 15.9 Å². The van der Waals surface area contributed by atoms with E-state index in [0.717, 1.165) is 32.8 Å². The molecule has 0 aromatic heterocycles. The summed E-state index contributed by atoms with van der Waals surface area (Å²) in [7, 11) is -3.65. The maximum absolute atomic E-state index is 12.6. The van der Waals surface area contributed by atoms with E-state index in [4.69, 9.17) is 11.6 Å². The van der Waals surface area contributed by atoms with Gasteiger partial charge in [0.15, 0.2) is 0 Å². The average molecular weight is 409 g/mol. The van der Waals surface area contributed by atoms with E-state index >= 15 is 0 Å². The summed E-state index contributed by atoms with van der Waals surface area (Å²) in [6.07, 6.45) is 1.08. The first-order chi connectivity index (χ1) is 12.5. The standard InChI is InChI=1S/C20H25ClN2O3S/c1-13-6-9-18(15(3)10-13)16(4)22-20(24)12-23(27(5,25)26)19-11-17(21)8-7-14(19)2/h6-11,16H,12H2,1-5H3,(H,22,24)/t16-/m0/s1. The van der Waals surface area contributed by atoms with Gasteiger partial charge in [-0.15, -0.1) is 0 Å². The molecule has 2 aromatic rings. The fourth-order valence-electron chi connectivity index (χ4n) is 3.04. The molecular formula is C20H25ClN2O3S. The van der Waals surface area contributed by atoms with E-state index in [1.165, 1.54) is 0 Å². The summed E-state index contributed by atoms with van der Waals surface area (Å²) in [5, 5.41) is 3.30. The number of benzene rings is 2. The van der Waals surface area contributed by atoms with Crippen molar-refractivity contribution in [1.82, 2.24) is 5.32 Å². The summed E-state index contributed by atoms with van der Waals surface area (Å²) >= 11 is 6.02. The number of anilines is 1. The van der Waals surface area contributed by atoms with Gasteiger partial charge in [-0.1, -0.05) is 41.4 Å². The zero-order valence-corrected chi connectivity index (χ0v) is 17.8. The fourth-order valence-corrected chi connectivity index (χ4v) is 4.11. The highest BCUT2D eigenvalue weighted by molar-refractivity contribution is 7.92. The van der Waals surface area contributed by atoms with Crippen molar-refractivity contribution in [3.63, 3.8) is 0 Å². The Hall–Kier alpha value is -2.05. The molecule has 0 saturated heterocycles. The van der Waals surface area contributed by atoms with Crippen LogP contribution in [0.1, 0.15) is 35.2 Å². The second-order valence-corrected chi connectivity index (χ2v) is 9.19. The average Bonchev–Trinajstić information content (AvgIpc) is 2.54. The van der Waals surface area contributed by atoms with Crippen LogP contribution >= 0.6 is 11.6 Å².